The highest BCUT2D eigenvalue weighted by molar-refractivity contribution is 7.89. The molecule has 1 N–H and O–H groups in total. The summed E-state index contributed by atoms with van der Waals surface area (Å²) in [6, 6.07) is 6.91. The standard InChI is InChI=1S/C19H19ClF2N2O3S/c1-12-4-3-9-24(11-12)28(26,27)17-10-13(7-8-14(17)20)19(25)23-18-15(21)5-2-6-16(18)22/h2,5-8,10,12H,3-4,9,11H2,1H3,(H,23,25). The van der Waals surface area contributed by atoms with Gasteiger partial charge in [0.05, 0.1) is 5.02 Å². The van der Waals surface area contributed by atoms with Gasteiger partial charge in [0.2, 0.25) is 10.0 Å². The number of nitrogens with one attached hydrogen (secondary N) is 1. The van der Waals surface area contributed by atoms with Crippen LogP contribution in [0.3, 0.4) is 0 Å². The molecule has 1 unspecified atom stereocenters. The maximum Gasteiger partial charge on any atom is 0.255 e. The average Bonchev–Trinajstić information content (AvgIpc) is 2.65. The SMILES string of the molecule is CC1CCCN(S(=O)(=O)c2cc(C(=O)Nc3c(F)cccc3F)ccc2Cl)C1. The quantitative estimate of drug-likeness (QED) is 0.789. The fourth-order valence-corrected chi connectivity index (χ4v) is 5.25. The maximum absolute atomic E-state index is 13.8. The molecule has 1 atom stereocenters. The number of rotatable bonds is 4. The summed E-state index contributed by atoms with van der Waals surface area (Å²) < 4.78 is 54.8. The second kappa shape index (κ2) is 8.14. The lowest BCUT2D eigenvalue weighted by Gasteiger charge is -2.30. The summed E-state index contributed by atoms with van der Waals surface area (Å²) in [4.78, 5) is 12.2. The van der Waals surface area contributed by atoms with Gasteiger partial charge in [-0.3, -0.25) is 4.79 Å². The molecule has 0 aromatic heterocycles. The Labute approximate surface area is 167 Å². The van der Waals surface area contributed by atoms with Crippen molar-refractivity contribution in [2.75, 3.05) is 18.4 Å². The Kier molecular flexibility index (Phi) is 6.02. The number of amides is 1. The molecule has 150 valence electrons. The van der Waals surface area contributed by atoms with Crippen molar-refractivity contribution in [3.05, 3.63) is 58.6 Å². The number of hydrogen-bond acceptors (Lipinski definition) is 3. The van der Waals surface area contributed by atoms with E-state index in [0.717, 1.165) is 31.0 Å². The molecular formula is C19H19ClF2N2O3S. The van der Waals surface area contributed by atoms with E-state index in [0.29, 0.717) is 13.1 Å². The third-order valence-corrected chi connectivity index (χ3v) is 6.98. The molecule has 3 rings (SSSR count). The zero-order valence-electron chi connectivity index (χ0n) is 15.1. The lowest BCUT2D eigenvalue weighted by molar-refractivity contribution is 0.102. The molecule has 2 aromatic rings. The van der Waals surface area contributed by atoms with E-state index in [4.69, 9.17) is 11.6 Å². The topological polar surface area (TPSA) is 66.5 Å². The van der Waals surface area contributed by atoms with Crippen molar-refractivity contribution < 1.29 is 22.0 Å². The zero-order valence-corrected chi connectivity index (χ0v) is 16.7. The first kappa shape index (κ1) is 20.7. The van der Waals surface area contributed by atoms with Crippen molar-refractivity contribution in [1.82, 2.24) is 4.31 Å². The van der Waals surface area contributed by atoms with Crippen LogP contribution in [0.4, 0.5) is 14.5 Å². The molecule has 1 amide bonds. The maximum atomic E-state index is 13.8. The molecule has 1 fully saturated rings. The van der Waals surface area contributed by atoms with Gasteiger partial charge in [-0.25, -0.2) is 17.2 Å². The second-order valence-corrected chi connectivity index (χ2v) is 9.12. The molecule has 1 heterocycles. The Morgan fingerprint density at radius 2 is 1.89 bits per heavy atom. The predicted octanol–water partition coefficient (Wildman–Crippen LogP) is 4.29. The van der Waals surface area contributed by atoms with E-state index < -0.39 is 33.3 Å². The van der Waals surface area contributed by atoms with Crippen molar-refractivity contribution in [3.8, 4) is 0 Å². The monoisotopic (exact) mass is 428 g/mol. The van der Waals surface area contributed by atoms with Gasteiger partial charge < -0.3 is 5.32 Å². The van der Waals surface area contributed by atoms with Gasteiger partial charge in [0.1, 0.15) is 22.2 Å². The average molecular weight is 429 g/mol. The van der Waals surface area contributed by atoms with Gasteiger partial charge in [-0.15, -0.1) is 0 Å². The minimum atomic E-state index is -3.90. The number of anilines is 1. The first-order valence-electron chi connectivity index (χ1n) is 8.75. The summed E-state index contributed by atoms with van der Waals surface area (Å²) in [5.74, 6) is -2.49. The molecule has 0 aliphatic carbocycles. The number of sulfonamides is 1. The van der Waals surface area contributed by atoms with Crippen LogP contribution in [0, 0.1) is 17.6 Å². The van der Waals surface area contributed by atoms with Gasteiger partial charge in [-0.2, -0.15) is 4.31 Å². The Bertz CT molecular complexity index is 994. The summed E-state index contributed by atoms with van der Waals surface area (Å²) in [5, 5.41) is 2.12. The Balaban J connectivity index is 1.92. The third kappa shape index (κ3) is 4.19. The molecule has 9 heteroatoms. The third-order valence-electron chi connectivity index (χ3n) is 4.63. The van der Waals surface area contributed by atoms with Crippen LogP contribution in [0.25, 0.3) is 0 Å². The molecule has 0 bridgehead atoms. The first-order chi connectivity index (χ1) is 13.2. The number of carbonyl (C=O) groups is 1. The lowest BCUT2D eigenvalue weighted by atomic mass is 10.0. The van der Waals surface area contributed by atoms with Gasteiger partial charge in [0.25, 0.3) is 5.91 Å². The van der Waals surface area contributed by atoms with E-state index in [1.54, 1.807) is 0 Å². The van der Waals surface area contributed by atoms with Gasteiger partial charge in [-0.1, -0.05) is 24.6 Å². The van der Waals surface area contributed by atoms with Crippen LogP contribution in [-0.4, -0.2) is 31.7 Å². The number of benzene rings is 2. The summed E-state index contributed by atoms with van der Waals surface area (Å²) in [6.45, 7) is 2.71. The summed E-state index contributed by atoms with van der Waals surface area (Å²) in [5.41, 5.74) is -0.674. The van der Waals surface area contributed by atoms with Gasteiger partial charge in [-0.05, 0) is 49.1 Å². The molecule has 28 heavy (non-hydrogen) atoms. The van der Waals surface area contributed by atoms with Crippen LogP contribution in [-0.2, 0) is 10.0 Å². The van der Waals surface area contributed by atoms with Crippen LogP contribution in [0.5, 0.6) is 0 Å². The molecular weight excluding hydrogens is 410 g/mol. The summed E-state index contributed by atoms with van der Waals surface area (Å²) in [6.07, 6.45) is 1.68. The predicted molar refractivity (Wildman–Crippen MR) is 103 cm³/mol. The smallest absolute Gasteiger partial charge is 0.255 e. The number of halogens is 3. The minimum Gasteiger partial charge on any atom is -0.317 e. The van der Waals surface area contributed by atoms with Crippen molar-refractivity contribution >= 4 is 33.2 Å². The number of nitrogens with zero attached hydrogens (tertiary/aromatic N) is 1. The zero-order chi connectivity index (χ0) is 20.5. The minimum absolute atomic E-state index is 0.0214. The van der Waals surface area contributed by atoms with Crippen molar-refractivity contribution in [2.45, 2.75) is 24.7 Å². The van der Waals surface area contributed by atoms with Crippen molar-refractivity contribution in [3.63, 3.8) is 0 Å². The molecule has 5 nitrogen and oxygen atoms in total. The van der Waals surface area contributed by atoms with E-state index >= 15 is 0 Å². The van der Waals surface area contributed by atoms with Crippen molar-refractivity contribution in [1.29, 1.82) is 0 Å². The molecule has 2 aromatic carbocycles. The van der Waals surface area contributed by atoms with Crippen LogP contribution in [0.1, 0.15) is 30.1 Å². The van der Waals surface area contributed by atoms with Crippen molar-refractivity contribution in [2.24, 2.45) is 5.92 Å². The molecule has 1 saturated heterocycles. The van der Waals surface area contributed by atoms with E-state index in [2.05, 4.69) is 5.32 Å². The molecule has 0 spiro atoms. The van der Waals surface area contributed by atoms with Gasteiger partial charge in [0.15, 0.2) is 0 Å². The molecule has 0 saturated carbocycles. The van der Waals surface area contributed by atoms with Gasteiger partial charge >= 0.3 is 0 Å². The fourth-order valence-electron chi connectivity index (χ4n) is 3.15. The number of para-hydroxylation sites is 1. The highest BCUT2D eigenvalue weighted by atomic mass is 35.5. The molecule has 1 aliphatic heterocycles. The van der Waals surface area contributed by atoms with E-state index in [-0.39, 0.29) is 21.4 Å². The number of piperidine rings is 1. The van der Waals surface area contributed by atoms with E-state index in [9.17, 15) is 22.0 Å². The lowest BCUT2D eigenvalue weighted by Crippen LogP contribution is -2.39. The second-order valence-electron chi connectivity index (χ2n) is 6.81. The summed E-state index contributed by atoms with van der Waals surface area (Å²) >= 11 is 6.09. The van der Waals surface area contributed by atoms with Crippen LogP contribution in [0.15, 0.2) is 41.3 Å². The van der Waals surface area contributed by atoms with Crippen LogP contribution < -0.4 is 5.32 Å². The molecule has 1 aliphatic rings. The van der Waals surface area contributed by atoms with E-state index in [1.165, 1.54) is 22.5 Å². The number of carbonyl (C=O) groups excluding carboxylic acids is 1. The van der Waals surface area contributed by atoms with Gasteiger partial charge in [0, 0.05) is 18.7 Å². The highest BCUT2D eigenvalue weighted by Crippen LogP contribution is 2.29. The highest BCUT2D eigenvalue weighted by Gasteiger charge is 2.31. The Hall–Kier alpha value is -2.03. The number of hydrogen-bond donors (Lipinski definition) is 1. The summed E-state index contributed by atoms with van der Waals surface area (Å²) in [7, 11) is -3.90. The van der Waals surface area contributed by atoms with Crippen LogP contribution in [0.2, 0.25) is 5.02 Å². The fraction of sp³-hybridized carbons (Fsp3) is 0.316. The van der Waals surface area contributed by atoms with E-state index in [1.807, 2.05) is 6.92 Å². The largest absolute Gasteiger partial charge is 0.317 e. The first-order valence-corrected chi connectivity index (χ1v) is 10.6. The Morgan fingerprint density at radius 1 is 1.21 bits per heavy atom. The molecule has 0 radical (unpaired) electrons. The normalized spacial score (nSPS) is 18.1. The Morgan fingerprint density at radius 3 is 2.54 bits per heavy atom. The van der Waals surface area contributed by atoms with Crippen LogP contribution >= 0.6 is 11.6 Å².